The van der Waals surface area contributed by atoms with Crippen LogP contribution in [0.1, 0.15) is 56.8 Å². The molecule has 0 amide bonds. The third-order valence-corrected chi connectivity index (χ3v) is 5.65. The molecule has 4 fully saturated rings. The van der Waals surface area contributed by atoms with Gasteiger partial charge in [-0.25, -0.2) is 4.98 Å². The van der Waals surface area contributed by atoms with Crippen molar-refractivity contribution in [1.82, 2.24) is 15.2 Å². The second-order valence-electron chi connectivity index (χ2n) is 7.23. The minimum absolute atomic E-state index is 0.0371. The van der Waals surface area contributed by atoms with E-state index in [0.717, 1.165) is 30.0 Å². The predicted octanol–water partition coefficient (Wildman–Crippen LogP) is 2.48. The Labute approximate surface area is 114 Å². The Morgan fingerprint density at radius 2 is 1.74 bits per heavy atom. The lowest BCUT2D eigenvalue weighted by molar-refractivity contribution is -0.0609. The number of aromatic nitrogens is 3. The van der Waals surface area contributed by atoms with Crippen LogP contribution in [0.4, 0.5) is 0 Å². The summed E-state index contributed by atoms with van der Waals surface area (Å²) in [5.41, 5.74) is 6.84. The average molecular weight is 258 g/mol. The zero-order chi connectivity index (χ0) is 12.9. The fraction of sp³-hybridized carbons (Fsp3) is 0.800. The molecule has 1 unspecified atom stereocenters. The Morgan fingerprint density at radius 3 is 2.26 bits per heavy atom. The summed E-state index contributed by atoms with van der Waals surface area (Å²) in [6.45, 7) is 0. The molecule has 1 aromatic rings. The van der Waals surface area contributed by atoms with Crippen molar-refractivity contribution in [2.24, 2.45) is 28.9 Å². The number of hydrogen-bond acceptors (Lipinski definition) is 4. The van der Waals surface area contributed by atoms with Crippen LogP contribution in [-0.4, -0.2) is 15.2 Å². The molecule has 1 aromatic heterocycles. The van der Waals surface area contributed by atoms with Gasteiger partial charge in [0.2, 0.25) is 0 Å². The molecular weight excluding hydrogens is 236 g/mol. The van der Waals surface area contributed by atoms with Gasteiger partial charge in [-0.3, -0.25) is 0 Å². The van der Waals surface area contributed by atoms with Gasteiger partial charge < -0.3 is 5.73 Å². The molecule has 4 aliphatic carbocycles. The lowest BCUT2D eigenvalue weighted by atomic mass is 9.48. The van der Waals surface area contributed by atoms with Gasteiger partial charge in [0.1, 0.15) is 0 Å². The molecule has 0 spiro atoms. The Kier molecular flexibility index (Phi) is 2.62. The second kappa shape index (κ2) is 4.23. The normalized spacial score (nSPS) is 41.4. The van der Waals surface area contributed by atoms with Crippen molar-refractivity contribution in [3.63, 3.8) is 0 Å². The van der Waals surface area contributed by atoms with Gasteiger partial charge in [-0.15, -0.1) is 5.10 Å². The van der Waals surface area contributed by atoms with Crippen LogP contribution in [0.15, 0.2) is 12.4 Å². The average Bonchev–Trinajstić information content (AvgIpc) is 2.37. The van der Waals surface area contributed by atoms with Crippen LogP contribution in [0.3, 0.4) is 0 Å². The van der Waals surface area contributed by atoms with E-state index < -0.39 is 0 Å². The molecule has 0 saturated heterocycles. The van der Waals surface area contributed by atoms with E-state index in [1.807, 2.05) is 0 Å². The maximum Gasteiger partial charge on any atom is 0.167 e. The van der Waals surface area contributed by atoms with Gasteiger partial charge in [0.25, 0.3) is 0 Å². The zero-order valence-electron chi connectivity index (χ0n) is 11.3. The minimum Gasteiger partial charge on any atom is -0.321 e. The lowest BCUT2D eigenvalue weighted by Gasteiger charge is -2.57. The predicted molar refractivity (Wildman–Crippen MR) is 72.0 cm³/mol. The van der Waals surface area contributed by atoms with E-state index >= 15 is 0 Å². The maximum absolute atomic E-state index is 6.35. The SMILES string of the molecule is NC(CC12CC3CC(CC(C3)C1)C2)c1nccnn1. The first-order valence-corrected chi connectivity index (χ1v) is 7.62. The fourth-order valence-corrected chi connectivity index (χ4v) is 5.53. The third-order valence-electron chi connectivity index (χ3n) is 5.65. The summed E-state index contributed by atoms with van der Waals surface area (Å²) in [5.74, 6) is 3.66. The summed E-state index contributed by atoms with van der Waals surface area (Å²) in [6.07, 6.45) is 13.0. The number of hydrogen-bond donors (Lipinski definition) is 1. The van der Waals surface area contributed by atoms with Crippen molar-refractivity contribution >= 4 is 0 Å². The maximum atomic E-state index is 6.35. The van der Waals surface area contributed by atoms with Crippen LogP contribution in [0.5, 0.6) is 0 Å². The Hall–Kier alpha value is -1.03. The minimum atomic E-state index is -0.0371. The number of nitrogens with two attached hydrogens (primary N) is 1. The highest BCUT2D eigenvalue weighted by Crippen LogP contribution is 2.62. The van der Waals surface area contributed by atoms with Gasteiger partial charge in [0, 0.05) is 6.20 Å². The molecule has 2 N–H and O–H groups in total. The summed E-state index contributed by atoms with van der Waals surface area (Å²) in [6, 6.07) is -0.0371. The molecule has 5 rings (SSSR count). The summed E-state index contributed by atoms with van der Waals surface area (Å²) in [5, 5.41) is 8.00. The Morgan fingerprint density at radius 1 is 1.11 bits per heavy atom. The summed E-state index contributed by atoms with van der Waals surface area (Å²) in [4.78, 5) is 4.28. The molecule has 4 heteroatoms. The third kappa shape index (κ3) is 2.06. The molecule has 102 valence electrons. The Balaban J connectivity index is 1.53. The van der Waals surface area contributed by atoms with Crippen LogP contribution in [0.2, 0.25) is 0 Å². The first-order chi connectivity index (χ1) is 9.22. The first-order valence-electron chi connectivity index (χ1n) is 7.62. The molecule has 4 bridgehead atoms. The first kappa shape index (κ1) is 11.8. The molecular formula is C15H22N4. The van der Waals surface area contributed by atoms with Gasteiger partial charge in [0.05, 0.1) is 12.2 Å². The van der Waals surface area contributed by atoms with Gasteiger partial charge >= 0.3 is 0 Å². The molecule has 1 heterocycles. The molecule has 1 atom stereocenters. The second-order valence-corrected chi connectivity index (χ2v) is 7.23. The van der Waals surface area contributed by atoms with E-state index in [1.165, 1.54) is 38.5 Å². The largest absolute Gasteiger partial charge is 0.321 e. The van der Waals surface area contributed by atoms with E-state index in [1.54, 1.807) is 12.4 Å². The molecule has 0 aliphatic heterocycles. The standard InChI is InChI=1S/C15H22N4/c16-13(14-17-1-2-18-19-14)9-15-6-10-3-11(7-15)5-12(4-10)8-15/h1-2,10-13H,3-9,16H2. The van der Waals surface area contributed by atoms with Crippen molar-refractivity contribution in [2.45, 2.75) is 51.0 Å². The lowest BCUT2D eigenvalue weighted by Crippen LogP contribution is -2.47. The van der Waals surface area contributed by atoms with Gasteiger partial charge in [-0.1, -0.05) is 0 Å². The monoisotopic (exact) mass is 258 g/mol. The van der Waals surface area contributed by atoms with E-state index in [4.69, 9.17) is 5.73 Å². The van der Waals surface area contributed by atoms with E-state index in [9.17, 15) is 0 Å². The highest BCUT2D eigenvalue weighted by atomic mass is 15.1. The molecule has 4 aliphatic rings. The van der Waals surface area contributed by atoms with E-state index in [-0.39, 0.29) is 6.04 Å². The van der Waals surface area contributed by atoms with Crippen molar-refractivity contribution in [2.75, 3.05) is 0 Å². The van der Waals surface area contributed by atoms with Gasteiger partial charge in [-0.2, -0.15) is 5.10 Å². The molecule has 19 heavy (non-hydrogen) atoms. The highest BCUT2D eigenvalue weighted by Gasteiger charge is 2.51. The van der Waals surface area contributed by atoms with Crippen molar-refractivity contribution in [1.29, 1.82) is 0 Å². The molecule has 0 radical (unpaired) electrons. The van der Waals surface area contributed by atoms with Crippen LogP contribution < -0.4 is 5.73 Å². The van der Waals surface area contributed by atoms with Crippen molar-refractivity contribution in [3.05, 3.63) is 18.2 Å². The quantitative estimate of drug-likeness (QED) is 0.904. The van der Waals surface area contributed by atoms with E-state index in [2.05, 4.69) is 15.2 Å². The van der Waals surface area contributed by atoms with Crippen molar-refractivity contribution < 1.29 is 0 Å². The Bertz CT molecular complexity index is 423. The summed E-state index contributed by atoms with van der Waals surface area (Å²) < 4.78 is 0. The molecule has 0 aromatic carbocycles. The number of rotatable bonds is 3. The molecule has 4 saturated carbocycles. The van der Waals surface area contributed by atoms with Crippen LogP contribution in [0, 0.1) is 23.2 Å². The van der Waals surface area contributed by atoms with Crippen LogP contribution in [0.25, 0.3) is 0 Å². The fourth-order valence-electron chi connectivity index (χ4n) is 5.53. The number of nitrogens with zero attached hydrogens (tertiary/aromatic N) is 3. The van der Waals surface area contributed by atoms with Crippen LogP contribution >= 0.6 is 0 Å². The highest BCUT2D eigenvalue weighted by molar-refractivity contribution is 5.04. The molecule has 4 nitrogen and oxygen atoms in total. The topological polar surface area (TPSA) is 64.7 Å². The smallest absolute Gasteiger partial charge is 0.167 e. The van der Waals surface area contributed by atoms with E-state index in [0.29, 0.717) is 5.41 Å². The summed E-state index contributed by atoms with van der Waals surface area (Å²) in [7, 11) is 0. The zero-order valence-corrected chi connectivity index (χ0v) is 11.3. The van der Waals surface area contributed by atoms with Crippen molar-refractivity contribution in [3.8, 4) is 0 Å². The van der Waals surface area contributed by atoms with Crippen LogP contribution in [-0.2, 0) is 0 Å². The van der Waals surface area contributed by atoms with Gasteiger partial charge in [0.15, 0.2) is 5.82 Å². The van der Waals surface area contributed by atoms with Gasteiger partial charge in [-0.05, 0) is 68.1 Å². The summed E-state index contributed by atoms with van der Waals surface area (Å²) >= 11 is 0.